The number of rotatable bonds is 2. The topological polar surface area (TPSA) is 0 Å². The van der Waals surface area contributed by atoms with Crippen molar-refractivity contribution in [2.45, 2.75) is 41.0 Å². The maximum atomic E-state index is 2.40. The molecule has 0 saturated carbocycles. The Balaban J connectivity index is 2.18. The van der Waals surface area contributed by atoms with Crippen molar-refractivity contribution in [2.75, 3.05) is 0 Å². The number of allylic oxidation sites excluding steroid dienone is 2. The zero-order valence-corrected chi connectivity index (χ0v) is 14.4. The molecule has 1 unspecified atom stereocenters. The molecule has 0 radical (unpaired) electrons. The lowest BCUT2D eigenvalue weighted by Crippen LogP contribution is -2.17. The number of hydrogen-bond donors (Lipinski definition) is 0. The highest BCUT2D eigenvalue weighted by atomic mass is 14.4. The predicted molar refractivity (Wildman–Crippen MR) is 96.7 cm³/mol. The zero-order valence-electron chi connectivity index (χ0n) is 14.4. The van der Waals surface area contributed by atoms with E-state index in [1.807, 2.05) is 0 Å². The van der Waals surface area contributed by atoms with Gasteiger partial charge >= 0.3 is 0 Å². The van der Waals surface area contributed by atoms with Gasteiger partial charge in [0.1, 0.15) is 0 Å². The summed E-state index contributed by atoms with van der Waals surface area (Å²) in [5.74, 6) is 0.667. The molecule has 2 aromatic rings. The van der Waals surface area contributed by atoms with Gasteiger partial charge in [0.15, 0.2) is 0 Å². The fourth-order valence-corrected chi connectivity index (χ4v) is 3.58. The second kappa shape index (κ2) is 5.43. The van der Waals surface area contributed by atoms with Crippen molar-refractivity contribution < 1.29 is 0 Å². The molecular weight excluding hydrogens is 264 g/mol. The maximum absolute atomic E-state index is 2.40. The molecule has 0 saturated heterocycles. The Bertz CT molecular complexity index is 697. The molecule has 2 aromatic carbocycles. The van der Waals surface area contributed by atoms with Crippen LogP contribution in [0.25, 0.3) is 11.1 Å². The van der Waals surface area contributed by atoms with Gasteiger partial charge in [-0.15, -0.1) is 0 Å². The highest BCUT2D eigenvalue weighted by Crippen LogP contribution is 2.54. The molecule has 0 bridgehead atoms. The lowest BCUT2D eigenvalue weighted by atomic mass is 9.75. The molecule has 0 nitrogen and oxygen atoms in total. The van der Waals surface area contributed by atoms with Gasteiger partial charge in [-0.05, 0) is 53.9 Å². The Morgan fingerprint density at radius 3 is 1.73 bits per heavy atom. The molecule has 0 spiro atoms. The third kappa shape index (κ3) is 2.52. The van der Waals surface area contributed by atoms with E-state index in [1.54, 1.807) is 0 Å². The SMILES string of the molecule is Cc1ccc(C2=C(c3ccc(C)cc3)C(C)(C)C(C)C2)cc1. The molecule has 0 heteroatoms. The van der Waals surface area contributed by atoms with Crippen LogP contribution in [0.15, 0.2) is 48.5 Å². The second-order valence-corrected chi connectivity index (χ2v) is 7.41. The van der Waals surface area contributed by atoms with Gasteiger partial charge in [-0.2, -0.15) is 0 Å². The third-order valence-electron chi connectivity index (χ3n) is 5.43. The maximum Gasteiger partial charge on any atom is -0.00659 e. The number of benzene rings is 2. The van der Waals surface area contributed by atoms with Crippen LogP contribution in [0.3, 0.4) is 0 Å². The predicted octanol–water partition coefficient (Wildman–Crippen LogP) is 6.28. The number of aryl methyl sites for hydroxylation is 2. The summed E-state index contributed by atoms with van der Waals surface area (Å²) in [5.41, 5.74) is 8.70. The molecule has 1 aliphatic rings. The molecular formula is C22H26. The first-order valence-corrected chi connectivity index (χ1v) is 8.27. The summed E-state index contributed by atoms with van der Waals surface area (Å²) in [5, 5.41) is 0. The van der Waals surface area contributed by atoms with Gasteiger partial charge in [-0.3, -0.25) is 0 Å². The van der Waals surface area contributed by atoms with Gasteiger partial charge in [0.2, 0.25) is 0 Å². The lowest BCUT2D eigenvalue weighted by Gasteiger charge is -2.28. The summed E-state index contributed by atoms with van der Waals surface area (Å²) in [6, 6.07) is 18.1. The third-order valence-corrected chi connectivity index (χ3v) is 5.43. The van der Waals surface area contributed by atoms with Crippen LogP contribution < -0.4 is 0 Å². The minimum Gasteiger partial charge on any atom is -0.0614 e. The molecule has 22 heavy (non-hydrogen) atoms. The fourth-order valence-electron chi connectivity index (χ4n) is 3.58. The minimum absolute atomic E-state index is 0.218. The standard InChI is InChI=1S/C22H26/c1-15-6-10-18(11-7-15)20-14-17(3)22(4,5)21(20)19-12-8-16(2)9-13-19/h6-13,17H,14H2,1-5H3. The zero-order chi connectivity index (χ0) is 15.9. The summed E-state index contributed by atoms with van der Waals surface area (Å²) >= 11 is 0. The molecule has 1 aliphatic carbocycles. The lowest BCUT2D eigenvalue weighted by molar-refractivity contribution is 0.349. The number of hydrogen-bond acceptors (Lipinski definition) is 0. The van der Waals surface area contributed by atoms with E-state index in [1.165, 1.54) is 39.8 Å². The minimum atomic E-state index is 0.218. The van der Waals surface area contributed by atoms with Crippen molar-refractivity contribution in [1.29, 1.82) is 0 Å². The van der Waals surface area contributed by atoms with Crippen LogP contribution in [0.2, 0.25) is 0 Å². The van der Waals surface area contributed by atoms with E-state index in [0.717, 1.165) is 0 Å². The van der Waals surface area contributed by atoms with Crippen molar-refractivity contribution in [3.63, 3.8) is 0 Å². The van der Waals surface area contributed by atoms with Gasteiger partial charge in [0, 0.05) is 0 Å². The van der Waals surface area contributed by atoms with E-state index in [-0.39, 0.29) is 5.41 Å². The Hall–Kier alpha value is -1.82. The van der Waals surface area contributed by atoms with Crippen LogP contribution in [0.4, 0.5) is 0 Å². The van der Waals surface area contributed by atoms with Crippen LogP contribution in [-0.4, -0.2) is 0 Å². The van der Waals surface area contributed by atoms with E-state index in [2.05, 4.69) is 83.1 Å². The van der Waals surface area contributed by atoms with Gasteiger partial charge in [0.05, 0.1) is 0 Å². The highest BCUT2D eigenvalue weighted by Gasteiger charge is 2.39. The first-order chi connectivity index (χ1) is 10.4. The molecule has 0 N–H and O–H groups in total. The van der Waals surface area contributed by atoms with Gasteiger partial charge in [-0.1, -0.05) is 80.4 Å². The van der Waals surface area contributed by atoms with Crippen LogP contribution in [0.1, 0.15) is 49.4 Å². The molecule has 1 atom stereocenters. The Morgan fingerprint density at radius 2 is 1.23 bits per heavy atom. The molecule has 0 aromatic heterocycles. The first kappa shape index (κ1) is 15.1. The van der Waals surface area contributed by atoms with Crippen molar-refractivity contribution in [2.24, 2.45) is 11.3 Å². The largest absolute Gasteiger partial charge is 0.0614 e. The molecule has 0 amide bonds. The van der Waals surface area contributed by atoms with Crippen LogP contribution >= 0.6 is 0 Å². The van der Waals surface area contributed by atoms with Crippen molar-refractivity contribution in [3.8, 4) is 0 Å². The average Bonchev–Trinajstić information content (AvgIpc) is 2.72. The van der Waals surface area contributed by atoms with Gasteiger partial charge in [0.25, 0.3) is 0 Å². The van der Waals surface area contributed by atoms with E-state index < -0.39 is 0 Å². The summed E-state index contributed by atoms with van der Waals surface area (Å²) in [4.78, 5) is 0. The molecule has 3 rings (SSSR count). The molecule has 0 fully saturated rings. The van der Waals surface area contributed by atoms with Crippen molar-refractivity contribution in [3.05, 3.63) is 70.8 Å². The molecule has 0 heterocycles. The van der Waals surface area contributed by atoms with Crippen LogP contribution in [0, 0.1) is 25.2 Å². The highest BCUT2D eigenvalue weighted by molar-refractivity contribution is 5.95. The monoisotopic (exact) mass is 290 g/mol. The second-order valence-electron chi connectivity index (χ2n) is 7.41. The van der Waals surface area contributed by atoms with Gasteiger partial charge < -0.3 is 0 Å². The summed E-state index contributed by atoms with van der Waals surface area (Å²) in [6.07, 6.45) is 1.17. The van der Waals surface area contributed by atoms with Crippen molar-refractivity contribution in [1.82, 2.24) is 0 Å². The Labute approximate surface area is 134 Å². The quantitative estimate of drug-likeness (QED) is 0.610. The first-order valence-electron chi connectivity index (χ1n) is 8.27. The van der Waals surface area contributed by atoms with E-state index >= 15 is 0 Å². The summed E-state index contributed by atoms with van der Waals surface area (Å²) in [6.45, 7) is 11.5. The summed E-state index contributed by atoms with van der Waals surface area (Å²) < 4.78 is 0. The van der Waals surface area contributed by atoms with Crippen LogP contribution in [0.5, 0.6) is 0 Å². The Morgan fingerprint density at radius 1 is 0.773 bits per heavy atom. The average molecular weight is 290 g/mol. The molecule has 114 valence electrons. The smallest absolute Gasteiger partial charge is 0.00659 e. The fraction of sp³-hybridized carbons (Fsp3) is 0.364. The summed E-state index contributed by atoms with van der Waals surface area (Å²) in [7, 11) is 0. The molecule has 0 aliphatic heterocycles. The van der Waals surface area contributed by atoms with E-state index in [4.69, 9.17) is 0 Å². The van der Waals surface area contributed by atoms with Gasteiger partial charge in [-0.25, -0.2) is 0 Å². The van der Waals surface area contributed by atoms with Crippen LogP contribution in [-0.2, 0) is 0 Å². The normalized spacial score (nSPS) is 20.5. The van der Waals surface area contributed by atoms with E-state index in [0.29, 0.717) is 5.92 Å². The van der Waals surface area contributed by atoms with E-state index in [9.17, 15) is 0 Å². The van der Waals surface area contributed by atoms with Crippen molar-refractivity contribution >= 4 is 11.1 Å². The Kier molecular flexibility index (Phi) is 3.72.